The maximum atomic E-state index is 12.1. The first kappa shape index (κ1) is 12.7. The minimum atomic E-state index is -3.56. The minimum absolute atomic E-state index is 0.185. The van der Waals surface area contributed by atoms with Gasteiger partial charge in [-0.25, -0.2) is 8.42 Å². The summed E-state index contributed by atoms with van der Waals surface area (Å²) in [5.74, 6) is 0. The largest absolute Gasteiger partial charge is 0.363 e. The lowest BCUT2D eigenvalue weighted by atomic mass is 10.2. The molecular weight excluding hydrogens is 250 g/mol. The predicted octanol–water partition coefficient (Wildman–Crippen LogP) is 1.58. The number of anilines is 1. The van der Waals surface area contributed by atoms with E-state index in [1.807, 2.05) is 13.0 Å². The average molecular weight is 265 g/mol. The van der Waals surface area contributed by atoms with Gasteiger partial charge in [0.25, 0.3) is 10.0 Å². The van der Waals surface area contributed by atoms with E-state index in [9.17, 15) is 8.42 Å². The van der Waals surface area contributed by atoms with E-state index in [0.29, 0.717) is 11.4 Å². The smallest absolute Gasteiger partial charge is 0.263 e. The Labute approximate surface area is 106 Å². The first-order valence-electron chi connectivity index (χ1n) is 5.48. The van der Waals surface area contributed by atoms with Crippen LogP contribution in [-0.2, 0) is 16.6 Å². The van der Waals surface area contributed by atoms with Gasteiger partial charge in [-0.3, -0.25) is 4.72 Å². The van der Waals surface area contributed by atoms with E-state index in [2.05, 4.69) is 9.71 Å². The van der Waals surface area contributed by atoms with E-state index < -0.39 is 10.0 Å². The van der Waals surface area contributed by atoms with Crippen molar-refractivity contribution in [3.63, 3.8) is 0 Å². The molecule has 0 saturated carbocycles. The second-order valence-electron chi connectivity index (χ2n) is 4.04. The van der Waals surface area contributed by atoms with Crippen molar-refractivity contribution in [1.82, 2.24) is 4.98 Å². The summed E-state index contributed by atoms with van der Waals surface area (Å²) >= 11 is 0. The number of hydrogen-bond acceptors (Lipinski definition) is 3. The van der Waals surface area contributed by atoms with Gasteiger partial charge in [-0.1, -0.05) is 12.1 Å². The zero-order chi connectivity index (χ0) is 13.2. The highest BCUT2D eigenvalue weighted by Crippen LogP contribution is 2.17. The normalized spacial score (nSPS) is 11.4. The lowest BCUT2D eigenvalue weighted by Crippen LogP contribution is -2.12. The number of nitrogens with one attached hydrogen (secondary N) is 2. The van der Waals surface area contributed by atoms with Crippen LogP contribution in [0.2, 0.25) is 0 Å². The number of H-pyrrole nitrogens is 1. The fourth-order valence-corrected chi connectivity index (χ4v) is 2.68. The van der Waals surface area contributed by atoms with Crippen LogP contribution in [0, 0.1) is 6.92 Å². The van der Waals surface area contributed by atoms with Crippen LogP contribution >= 0.6 is 0 Å². The summed E-state index contributed by atoms with van der Waals surface area (Å²) in [7, 11) is -3.56. The van der Waals surface area contributed by atoms with Crippen LogP contribution in [0.15, 0.2) is 41.4 Å². The van der Waals surface area contributed by atoms with Gasteiger partial charge in [0.1, 0.15) is 4.90 Å². The van der Waals surface area contributed by atoms with Crippen molar-refractivity contribution in [2.24, 2.45) is 5.73 Å². The molecule has 1 heterocycles. The van der Waals surface area contributed by atoms with E-state index in [1.54, 1.807) is 18.2 Å². The highest BCUT2D eigenvalue weighted by Gasteiger charge is 2.15. The molecule has 1 aromatic carbocycles. The van der Waals surface area contributed by atoms with Crippen LogP contribution in [0.4, 0.5) is 5.69 Å². The molecule has 4 N–H and O–H groups in total. The van der Waals surface area contributed by atoms with Crippen LogP contribution in [0.1, 0.15) is 11.3 Å². The number of hydrogen-bond donors (Lipinski definition) is 3. The molecule has 0 spiro atoms. The standard InChI is InChI=1S/C12H15N3O2S/c1-9-3-2-4-10(5-9)15-18(16,17)12-6-11(7-13)14-8-12/h2-6,8,14-15H,7,13H2,1H3. The molecule has 96 valence electrons. The fourth-order valence-electron chi connectivity index (χ4n) is 1.61. The van der Waals surface area contributed by atoms with E-state index in [0.717, 1.165) is 5.56 Å². The molecule has 1 aromatic heterocycles. The molecule has 0 aliphatic heterocycles. The predicted molar refractivity (Wildman–Crippen MR) is 70.7 cm³/mol. The summed E-state index contributed by atoms with van der Waals surface area (Å²) in [6.45, 7) is 2.18. The summed E-state index contributed by atoms with van der Waals surface area (Å²) in [5.41, 5.74) is 7.65. The van der Waals surface area contributed by atoms with Gasteiger partial charge in [-0.2, -0.15) is 0 Å². The van der Waals surface area contributed by atoms with Crippen molar-refractivity contribution in [1.29, 1.82) is 0 Å². The van der Waals surface area contributed by atoms with Crippen molar-refractivity contribution in [3.05, 3.63) is 47.8 Å². The second kappa shape index (κ2) is 4.83. The van der Waals surface area contributed by atoms with Crippen molar-refractivity contribution < 1.29 is 8.42 Å². The molecular formula is C12H15N3O2S. The maximum absolute atomic E-state index is 12.1. The van der Waals surface area contributed by atoms with Gasteiger partial charge in [0.05, 0.1) is 0 Å². The Morgan fingerprint density at radius 2 is 2.11 bits per heavy atom. The van der Waals surface area contributed by atoms with Gasteiger partial charge in [0.2, 0.25) is 0 Å². The maximum Gasteiger partial charge on any atom is 0.263 e. The lowest BCUT2D eigenvalue weighted by molar-refractivity contribution is 0.601. The molecule has 2 rings (SSSR count). The number of sulfonamides is 1. The summed E-state index contributed by atoms with van der Waals surface area (Å²) in [6.07, 6.45) is 1.43. The number of aromatic nitrogens is 1. The molecule has 5 nitrogen and oxygen atoms in total. The molecule has 2 aromatic rings. The first-order chi connectivity index (χ1) is 8.51. The van der Waals surface area contributed by atoms with Crippen LogP contribution in [0.5, 0.6) is 0 Å². The Bertz CT molecular complexity index is 647. The number of benzene rings is 1. The van der Waals surface area contributed by atoms with Crippen LogP contribution in [0.3, 0.4) is 0 Å². The average Bonchev–Trinajstić information content (AvgIpc) is 2.77. The SMILES string of the molecule is Cc1cccc(NS(=O)(=O)c2c[nH]c(CN)c2)c1. The zero-order valence-corrected chi connectivity index (χ0v) is 10.8. The van der Waals surface area contributed by atoms with Crippen LogP contribution < -0.4 is 10.5 Å². The zero-order valence-electron chi connectivity index (χ0n) is 9.97. The molecule has 0 fully saturated rings. The summed E-state index contributed by atoms with van der Waals surface area (Å²) in [4.78, 5) is 3.00. The third-order valence-electron chi connectivity index (χ3n) is 2.52. The Morgan fingerprint density at radius 1 is 1.33 bits per heavy atom. The van der Waals surface area contributed by atoms with Crippen molar-refractivity contribution >= 4 is 15.7 Å². The van der Waals surface area contributed by atoms with Crippen LogP contribution in [-0.4, -0.2) is 13.4 Å². The monoisotopic (exact) mass is 265 g/mol. The van der Waals surface area contributed by atoms with Gasteiger partial charge < -0.3 is 10.7 Å². The number of aromatic amines is 1. The Kier molecular flexibility index (Phi) is 3.40. The second-order valence-corrected chi connectivity index (χ2v) is 5.72. The highest BCUT2D eigenvalue weighted by molar-refractivity contribution is 7.92. The molecule has 0 amide bonds. The van der Waals surface area contributed by atoms with E-state index in [4.69, 9.17) is 5.73 Å². The summed E-state index contributed by atoms with van der Waals surface area (Å²) in [6, 6.07) is 8.71. The molecule has 0 radical (unpaired) electrons. The van der Waals surface area contributed by atoms with Gasteiger partial charge in [0.15, 0.2) is 0 Å². The van der Waals surface area contributed by atoms with Gasteiger partial charge in [-0.05, 0) is 30.7 Å². The molecule has 0 saturated heterocycles. The molecule has 0 aliphatic carbocycles. The first-order valence-corrected chi connectivity index (χ1v) is 6.96. The number of rotatable bonds is 4. The Morgan fingerprint density at radius 3 is 2.72 bits per heavy atom. The lowest BCUT2D eigenvalue weighted by Gasteiger charge is -2.06. The van der Waals surface area contributed by atoms with Crippen molar-refractivity contribution in [2.75, 3.05) is 4.72 Å². The van der Waals surface area contributed by atoms with Crippen molar-refractivity contribution in [3.8, 4) is 0 Å². The molecule has 6 heteroatoms. The quantitative estimate of drug-likeness (QED) is 0.784. The van der Waals surface area contributed by atoms with Gasteiger partial charge >= 0.3 is 0 Å². The third-order valence-corrected chi connectivity index (χ3v) is 3.88. The third kappa shape index (κ3) is 2.72. The fraction of sp³-hybridized carbons (Fsp3) is 0.167. The topological polar surface area (TPSA) is 88.0 Å². The molecule has 18 heavy (non-hydrogen) atoms. The molecule has 0 bridgehead atoms. The highest BCUT2D eigenvalue weighted by atomic mass is 32.2. The molecule has 0 unspecified atom stereocenters. The number of aryl methyl sites for hydroxylation is 1. The molecule has 0 atom stereocenters. The van der Waals surface area contributed by atoms with E-state index in [1.165, 1.54) is 12.3 Å². The van der Waals surface area contributed by atoms with Gasteiger partial charge in [-0.15, -0.1) is 0 Å². The Balaban J connectivity index is 2.27. The van der Waals surface area contributed by atoms with Crippen LogP contribution in [0.25, 0.3) is 0 Å². The van der Waals surface area contributed by atoms with E-state index >= 15 is 0 Å². The number of nitrogens with two attached hydrogens (primary N) is 1. The molecule has 0 aliphatic rings. The van der Waals surface area contributed by atoms with Gasteiger partial charge in [0, 0.05) is 24.1 Å². The summed E-state index contributed by atoms with van der Waals surface area (Å²) in [5, 5.41) is 0. The Hall–Kier alpha value is -1.79. The van der Waals surface area contributed by atoms with E-state index in [-0.39, 0.29) is 11.4 Å². The minimum Gasteiger partial charge on any atom is -0.363 e. The summed E-state index contributed by atoms with van der Waals surface area (Å²) < 4.78 is 26.7. The van der Waals surface area contributed by atoms with Crippen molar-refractivity contribution in [2.45, 2.75) is 18.4 Å².